The summed E-state index contributed by atoms with van der Waals surface area (Å²) in [6.45, 7) is 2.35. The number of rotatable bonds is 3. The van der Waals surface area contributed by atoms with Crippen LogP contribution in [0.4, 0.5) is 0 Å². The Kier molecular flexibility index (Phi) is 4.93. The minimum absolute atomic E-state index is 0. The van der Waals surface area contributed by atoms with Gasteiger partial charge in [-0.15, -0.1) is 23.7 Å². The van der Waals surface area contributed by atoms with Gasteiger partial charge in [-0.1, -0.05) is 18.2 Å². The second kappa shape index (κ2) is 6.00. The molecule has 3 N–H and O–H groups in total. The number of fused-ring (bicyclic) bond motifs is 1. The van der Waals surface area contributed by atoms with E-state index < -0.39 is 0 Å². The molecule has 1 amide bonds. The van der Waals surface area contributed by atoms with Crippen LogP contribution >= 0.6 is 23.7 Å². The number of halogens is 1. The maximum atomic E-state index is 11.9. The van der Waals surface area contributed by atoms with Crippen molar-refractivity contribution in [2.24, 2.45) is 5.73 Å². The fraction of sp³-hybridized carbons (Fsp3) is 0.250. The van der Waals surface area contributed by atoms with Gasteiger partial charge in [0.2, 0.25) is 0 Å². The van der Waals surface area contributed by atoms with E-state index in [2.05, 4.69) is 5.32 Å². The molecule has 0 fully saturated rings. The zero-order chi connectivity index (χ0) is 11.5. The van der Waals surface area contributed by atoms with Gasteiger partial charge in [-0.25, -0.2) is 0 Å². The lowest BCUT2D eigenvalue weighted by Gasteiger charge is -2.10. The van der Waals surface area contributed by atoms with Crippen LogP contribution in [-0.2, 0) is 0 Å². The number of amides is 1. The minimum Gasteiger partial charge on any atom is -0.348 e. The second-order valence-corrected chi connectivity index (χ2v) is 4.67. The summed E-state index contributed by atoms with van der Waals surface area (Å²) in [6, 6.07) is 7.91. The molecule has 1 aromatic heterocycles. The topological polar surface area (TPSA) is 55.1 Å². The normalized spacial score (nSPS) is 11.9. The summed E-state index contributed by atoms with van der Waals surface area (Å²) in [5.74, 6) is -0.0459. The fourth-order valence-corrected chi connectivity index (χ4v) is 2.46. The summed E-state index contributed by atoms with van der Waals surface area (Å²) in [5, 5.41) is 5.77. The van der Waals surface area contributed by atoms with Crippen molar-refractivity contribution in [3.05, 3.63) is 35.2 Å². The van der Waals surface area contributed by atoms with Crippen LogP contribution < -0.4 is 11.1 Å². The smallest absolute Gasteiger partial charge is 0.253 e. The van der Waals surface area contributed by atoms with Crippen molar-refractivity contribution in [1.29, 1.82) is 0 Å². The largest absolute Gasteiger partial charge is 0.348 e. The van der Waals surface area contributed by atoms with Crippen molar-refractivity contribution in [1.82, 2.24) is 5.32 Å². The first-order valence-corrected chi connectivity index (χ1v) is 6.07. The average Bonchev–Trinajstić information content (AvgIpc) is 2.72. The number of nitrogens with one attached hydrogen (secondary N) is 1. The molecule has 2 rings (SSSR count). The van der Waals surface area contributed by atoms with Gasteiger partial charge in [-0.3, -0.25) is 4.79 Å². The Morgan fingerprint density at radius 1 is 1.47 bits per heavy atom. The van der Waals surface area contributed by atoms with Gasteiger partial charge < -0.3 is 11.1 Å². The lowest BCUT2D eigenvalue weighted by atomic mass is 10.1. The molecule has 2 aromatic rings. The highest BCUT2D eigenvalue weighted by molar-refractivity contribution is 7.17. The molecule has 0 aliphatic heterocycles. The predicted molar refractivity (Wildman–Crippen MR) is 75.1 cm³/mol. The van der Waals surface area contributed by atoms with Crippen LogP contribution in [0.2, 0.25) is 0 Å². The van der Waals surface area contributed by atoms with E-state index in [0.29, 0.717) is 6.54 Å². The van der Waals surface area contributed by atoms with Crippen LogP contribution in [-0.4, -0.2) is 18.5 Å². The summed E-state index contributed by atoms with van der Waals surface area (Å²) < 4.78 is 1.13. The maximum absolute atomic E-state index is 11.9. The van der Waals surface area contributed by atoms with E-state index in [-0.39, 0.29) is 24.4 Å². The number of hydrogen-bond donors (Lipinski definition) is 2. The van der Waals surface area contributed by atoms with E-state index in [1.54, 1.807) is 11.3 Å². The van der Waals surface area contributed by atoms with Crippen molar-refractivity contribution in [3.63, 3.8) is 0 Å². The molecule has 0 aliphatic rings. The van der Waals surface area contributed by atoms with Crippen LogP contribution in [0.1, 0.15) is 17.3 Å². The first-order chi connectivity index (χ1) is 7.72. The molecule has 0 saturated carbocycles. The number of thiophene rings is 1. The van der Waals surface area contributed by atoms with E-state index in [1.807, 2.05) is 36.6 Å². The highest BCUT2D eigenvalue weighted by atomic mass is 35.5. The molecular weight excluding hydrogens is 256 g/mol. The fourth-order valence-electron chi connectivity index (χ4n) is 1.51. The van der Waals surface area contributed by atoms with Crippen molar-refractivity contribution < 1.29 is 4.79 Å². The number of hydrogen-bond acceptors (Lipinski definition) is 3. The molecule has 1 atom stereocenters. The Morgan fingerprint density at radius 2 is 2.18 bits per heavy atom. The molecular formula is C12H15ClN2OS. The zero-order valence-corrected chi connectivity index (χ0v) is 11.1. The maximum Gasteiger partial charge on any atom is 0.253 e. The van der Waals surface area contributed by atoms with Gasteiger partial charge in [0.25, 0.3) is 5.91 Å². The van der Waals surface area contributed by atoms with Gasteiger partial charge in [0.05, 0.1) is 5.56 Å². The number of nitrogens with two attached hydrogens (primary N) is 1. The first-order valence-electron chi connectivity index (χ1n) is 5.19. The monoisotopic (exact) mass is 270 g/mol. The molecule has 0 radical (unpaired) electrons. The number of carbonyl (C=O) groups is 1. The zero-order valence-electron chi connectivity index (χ0n) is 9.47. The van der Waals surface area contributed by atoms with Gasteiger partial charge in [-0.05, 0) is 13.0 Å². The summed E-state index contributed by atoms with van der Waals surface area (Å²) in [4.78, 5) is 11.9. The van der Waals surface area contributed by atoms with Crippen LogP contribution in [0, 0.1) is 0 Å². The molecule has 5 heteroatoms. The molecule has 0 unspecified atom stereocenters. The molecule has 3 nitrogen and oxygen atoms in total. The third-order valence-corrected chi connectivity index (χ3v) is 3.42. The Morgan fingerprint density at radius 3 is 2.88 bits per heavy atom. The van der Waals surface area contributed by atoms with Gasteiger partial charge in [0.15, 0.2) is 0 Å². The molecule has 17 heavy (non-hydrogen) atoms. The molecule has 1 heterocycles. The summed E-state index contributed by atoms with van der Waals surface area (Å²) in [7, 11) is 0. The number of carbonyl (C=O) groups excluding carboxylic acids is 1. The molecule has 0 spiro atoms. The third kappa shape index (κ3) is 2.97. The van der Waals surface area contributed by atoms with Crippen LogP contribution in [0.5, 0.6) is 0 Å². The molecule has 0 saturated heterocycles. The van der Waals surface area contributed by atoms with Crippen LogP contribution in [0.3, 0.4) is 0 Å². The molecule has 1 aromatic carbocycles. The van der Waals surface area contributed by atoms with E-state index in [0.717, 1.165) is 15.6 Å². The SMILES string of the molecule is C[C@@H](CN)NC(=O)c1csc2ccccc12.Cl. The van der Waals surface area contributed by atoms with E-state index in [1.165, 1.54) is 0 Å². The summed E-state index contributed by atoms with van der Waals surface area (Å²) in [5.41, 5.74) is 6.21. The Hall–Kier alpha value is -1.10. The average molecular weight is 271 g/mol. The van der Waals surface area contributed by atoms with Gasteiger partial charge in [0, 0.05) is 28.1 Å². The van der Waals surface area contributed by atoms with Crippen molar-refractivity contribution in [2.75, 3.05) is 6.54 Å². The van der Waals surface area contributed by atoms with Gasteiger partial charge >= 0.3 is 0 Å². The Bertz CT molecular complexity index is 512. The lowest BCUT2D eigenvalue weighted by molar-refractivity contribution is 0.0943. The standard InChI is InChI=1S/C12H14N2OS.ClH/c1-8(6-13)14-12(15)10-7-16-11-5-3-2-4-9(10)11;/h2-5,7-8H,6,13H2,1H3,(H,14,15);1H/t8-;/m0./s1. The molecule has 92 valence electrons. The minimum atomic E-state index is -0.0459. The van der Waals surface area contributed by atoms with Crippen molar-refractivity contribution in [2.45, 2.75) is 13.0 Å². The second-order valence-electron chi connectivity index (χ2n) is 3.76. The van der Waals surface area contributed by atoms with E-state index in [4.69, 9.17) is 5.73 Å². The van der Waals surface area contributed by atoms with Gasteiger partial charge in [0.1, 0.15) is 0 Å². The predicted octanol–water partition coefficient (Wildman–Crippen LogP) is 2.40. The third-order valence-electron chi connectivity index (χ3n) is 2.46. The number of benzene rings is 1. The summed E-state index contributed by atoms with van der Waals surface area (Å²) >= 11 is 1.58. The highest BCUT2D eigenvalue weighted by Crippen LogP contribution is 2.25. The first kappa shape index (κ1) is 14.0. The lowest BCUT2D eigenvalue weighted by Crippen LogP contribution is -2.37. The van der Waals surface area contributed by atoms with Gasteiger partial charge in [-0.2, -0.15) is 0 Å². The van der Waals surface area contributed by atoms with Crippen LogP contribution in [0.15, 0.2) is 29.6 Å². The molecule has 0 bridgehead atoms. The Labute approximate surface area is 110 Å². The van der Waals surface area contributed by atoms with E-state index >= 15 is 0 Å². The van der Waals surface area contributed by atoms with Crippen molar-refractivity contribution in [3.8, 4) is 0 Å². The Balaban J connectivity index is 0.00000144. The van der Waals surface area contributed by atoms with E-state index in [9.17, 15) is 4.79 Å². The molecule has 0 aliphatic carbocycles. The highest BCUT2D eigenvalue weighted by Gasteiger charge is 2.13. The summed E-state index contributed by atoms with van der Waals surface area (Å²) in [6.07, 6.45) is 0. The quantitative estimate of drug-likeness (QED) is 0.900. The van der Waals surface area contributed by atoms with Crippen LogP contribution in [0.25, 0.3) is 10.1 Å². The van der Waals surface area contributed by atoms with Crippen molar-refractivity contribution >= 4 is 39.7 Å².